The maximum absolute atomic E-state index is 12.6. The minimum absolute atomic E-state index is 0.249. The Morgan fingerprint density at radius 2 is 1.95 bits per heavy atom. The Balaban J connectivity index is 2.38. The molecule has 0 aromatic carbocycles. The molecule has 1 aliphatic heterocycles. The van der Waals surface area contributed by atoms with E-state index in [0.717, 1.165) is 45.4 Å². The van der Waals surface area contributed by atoms with Gasteiger partial charge in [-0.2, -0.15) is 0 Å². The highest BCUT2D eigenvalue weighted by Crippen LogP contribution is 2.29. The van der Waals surface area contributed by atoms with Crippen molar-refractivity contribution in [3.8, 4) is 0 Å². The fourth-order valence-electron chi connectivity index (χ4n) is 3.09. The first kappa shape index (κ1) is 17.4. The molecule has 0 radical (unpaired) electrons. The predicted octanol–water partition coefficient (Wildman–Crippen LogP) is 2.42. The van der Waals surface area contributed by atoms with E-state index in [9.17, 15) is 4.79 Å². The highest BCUT2D eigenvalue weighted by molar-refractivity contribution is 5.82. The van der Waals surface area contributed by atoms with Gasteiger partial charge in [0.1, 0.15) is 0 Å². The molecule has 1 rings (SSSR count). The van der Waals surface area contributed by atoms with Crippen molar-refractivity contribution in [3.63, 3.8) is 0 Å². The first-order chi connectivity index (χ1) is 9.36. The average Bonchev–Trinajstić information content (AvgIpc) is 2.37. The van der Waals surface area contributed by atoms with Gasteiger partial charge in [-0.25, -0.2) is 0 Å². The minimum Gasteiger partial charge on any atom is -0.378 e. The Labute approximate surface area is 124 Å². The molecular weight excluding hydrogens is 252 g/mol. The van der Waals surface area contributed by atoms with Crippen LogP contribution in [0.3, 0.4) is 0 Å². The third-order valence-corrected chi connectivity index (χ3v) is 3.93. The lowest BCUT2D eigenvalue weighted by molar-refractivity contribution is -0.143. The molecule has 0 bridgehead atoms. The van der Waals surface area contributed by atoms with Crippen LogP contribution in [0.15, 0.2) is 0 Å². The molecule has 0 atom stereocenters. The standard InChI is InChI=1S/C16H32N2O2/c1-13(2)12-16(3,4)15(19)18-9-6-14(7-10-18)20-11-5-8-17/h13-14H,5-12,17H2,1-4H3. The number of carbonyl (C=O) groups excluding carboxylic acids is 1. The second-order valence-electron chi connectivity index (χ2n) is 6.99. The molecule has 4 heteroatoms. The van der Waals surface area contributed by atoms with Crippen LogP contribution >= 0.6 is 0 Å². The summed E-state index contributed by atoms with van der Waals surface area (Å²) in [7, 11) is 0. The molecule has 1 fully saturated rings. The maximum atomic E-state index is 12.6. The molecule has 2 N–H and O–H groups in total. The Morgan fingerprint density at radius 3 is 2.45 bits per heavy atom. The number of rotatable bonds is 7. The van der Waals surface area contributed by atoms with Gasteiger partial charge in [0.2, 0.25) is 5.91 Å². The Hall–Kier alpha value is -0.610. The van der Waals surface area contributed by atoms with Crippen LogP contribution in [0.2, 0.25) is 0 Å². The van der Waals surface area contributed by atoms with Gasteiger partial charge >= 0.3 is 0 Å². The van der Waals surface area contributed by atoms with Gasteiger partial charge in [-0.3, -0.25) is 4.79 Å². The first-order valence-corrected chi connectivity index (χ1v) is 7.98. The van der Waals surface area contributed by atoms with Crippen molar-refractivity contribution < 1.29 is 9.53 Å². The van der Waals surface area contributed by atoms with Crippen LogP contribution < -0.4 is 5.73 Å². The lowest BCUT2D eigenvalue weighted by Gasteiger charge is -2.37. The van der Waals surface area contributed by atoms with E-state index in [1.165, 1.54) is 0 Å². The molecule has 0 spiro atoms. The van der Waals surface area contributed by atoms with E-state index >= 15 is 0 Å². The van der Waals surface area contributed by atoms with Crippen LogP contribution in [-0.4, -0.2) is 43.2 Å². The molecule has 0 aliphatic carbocycles. The van der Waals surface area contributed by atoms with E-state index in [1.807, 2.05) is 4.90 Å². The van der Waals surface area contributed by atoms with Gasteiger partial charge in [-0.1, -0.05) is 27.7 Å². The van der Waals surface area contributed by atoms with Crippen LogP contribution in [0.1, 0.15) is 53.4 Å². The molecule has 1 amide bonds. The molecule has 0 saturated carbocycles. The topological polar surface area (TPSA) is 55.6 Å². The SMILES string of the molecule is CC(C)CC(C)(C)C(=O)N1CCC(OCCCN)CC1. The number of hydrogen-bond acceptors (Lipinski definition) is 3. The predicted molar refractivity (Wildman–Crippen MR) is 82.5 cm³/mol. The summed E-state index contributed by atoms with van der Waals surface area (Å²) in [5.74, 6) is 0.845. The van der Waals surface area contributed by atoms with Crippen LogP contribution in [-0.2, 0) is 9.53 Å². The number of amides is 1. The van der Waals surface area contributed by atoms with Gasteiger partial charge in [0.05, 0.1) is 6.10 Å². The number of piperidine rings is 1. The van der Waals surface area contributed by atoms with E-state index in [0.29, 0.717) is 24.5 Å². The van der Waals surface area contributed by atoms with Crippen LogP contribution in [0.25, 0.3) is 0 Å². The number of carbonyl (C=O) groups is 1. The van der Waals surface area contributed by atoms with Gasteiger partial charge in [-0.05, 0) is 38.1 Å². The molecule has 1 heterocycles. The Bertz CT molecular complexity index is 295. The number of nitrogens with zero attached hydrogens (tertiary/aromatic N) is 1. The molecule has 0 aromatic heterocycles. The second-order valence-corrected chi connectivity index (χ2v) is 6.99. The lowest BCUT2D eigenvalue weighted by Crippen LogP contribution is -2.47. The number of nitrogens with two attached hydrogens (primary N) is 1. The molecule has 4 nitrogen and oxygen atoms in total. The zero-order valence-corrected chi connectivity index (χ0v) is 13.7. The normalized spacial score (nSPS) is 17.8. The smallest absolute Gasteiger partial charge is 0.228 e. The second kappa shape index (κ2) is 7.99. The van der Waals surface area contributed by atoms with Gasteiger partial charge in [0, 0.05) is 25.1 Å². The van der Waals surface area contributed by atoms with Crippen LogP contribution in [0, 0.1) is 11.3 Å². The highest BCUT2D eigenvalue weighted by Gasteiger charge is 2.34. The lowest BCUT2D eigenvalue weighted by atomic mass is 9.82. The van der Waals surface area contributed by atoms with E-state index in [4.69, 9.17) is 10.5 Å². The minimum atomic E-state index is -0.249. The number of likely N-dealkylation sites (tertiary alicyclic amines) is 1. The van der Waals surface area contributed by atoms with Crippen molar-refractivity contribution in [3.05, 3.63) is 0 Å². The molecule has 0 unspecified atom stereocenters. The van der Waals surface area contributed by atoms with Gasteiger partial charge < -0.3 is 15.4 Å². The van der Waals surface area contributed by atoms with E-state index in [1.54, 1.807) is 0 Å². The molecular formula is C16H32N2O2. The van der Waals surface area contributed by atoms with Crippen LogP contribution in [0.4, 0.5) is 0 Å². The quantitative estimate of drug-likeness (QED) is 0.730. The van der Waals surface area contributed by atoms with E-state index in [-0.39, 0.29) is 5.41 Å². The van der Waals surface area contributed by atoms with Crippen molar-refractivity contribution in [2.45, 2.75) is 59.5 Å². The summed E-state index contributed by atoms with van der Waals surface area (Å²) in [4.78, 5) is 14.6. The van der Waals surface area contributed by atoms with Crippen molar-refractivity contribution >= 4 is 5.91 Å². The fraction of sp³-hybridized carbons (Fsp3) is 0.938. The number of hydrogen-bond donors (Lipinski definition) is 1. The Morgan fingerprint density at radius 1 is 1.35 bits per heavy atom. The van der Waals surface area contributed by atoms with E-state index in [2.05, 4.69) is 27.7 Å². The zero-order chi connectivity index (χ0) is 15.2. The van der Waals surface area contributed by atoms with Crippen molar-refractivity contribution in [1.82, 2.24) is 4.90 Å². The van der Waals surface area contributed by atoms with Gasteiger partial charge in [0.15, 0.2) is 0 Å². The average molecular weight is 284 g/mol. The summed E-state index contributed by atoms with van der Waals surface area (Å²) in [5, 5.41) is 0. The van der Waals surface area contributed by atoms with Crippen molar-refractivity contribution in [1.29, 1.82) is 0 Å². The summed E-state index contributed by atoms with van der Waals surface area (Å²) in [5.41, 5.74) is 5.21. The highest BCUT2D eigenvalue weighted by atomic mass is 16.5. The van der Waals surface area contributed by atoms with Gasteiger partial charge in [0.25, 0.3) is 0 Å². The monoisotopic (exact) mass is 284 g/mol. The third-order valence-electron chi connectivity index (χ3n) is 3.93. The molecule has 20 heavy (non-hydrogen) atoms. The first-order valence-electron chi connectivity index (χ1n) is 7.98. The molecule has 0 aromatic rings. The zero-order valence-electron chi connectivity index (χ0n) is 13.7. The van der Waals surface area contributed by atoms with Gasteiger partial charge in [-0.15, -0.1) is 0 Å². The molecule has 1 aliphatic rings. The number of ether oxygens (including phenoxy) is 1. The van der Waals surface area contributed by atoms with Crippen molar-refractivity contribution in [2.75, 3.05) is 26.2 Å². The maximum Gasteiger partial charge on any atom is 0.228 e. The summed E-state index contributed by atoms with van der Waals surface area (Å²) < 4.78 is 5.78. The molecule has 118 valence electrons. The van der Waals surface area contributed by atoms with Crippen LogP contribution in [0.5, 0.6) is 0 Å². The largest absolute Gasteiger partial charge is 0.378 e. The summed E-state index contributed by atoms with van der Waals surface area (Å²) >= 11 is 0. The summed E-state index contributed by atoms with van der Waals surface area (Å²) in [6.07, 6.45) is 4.07. The molecule has 1 saturated heterocycles. The Kier molecular flexibility index (Phi) is 6.96. The third kappa shape index (κ3) is 5.41. The summed E-state index contributed by atoms with van der Waals surface area (Å²) in [6.45, 7) is 11.6. The van der Waals surface area contributed by atoms with Crippen molar-refractivity contribution in [2.24, 2.45) is 17.1 Å². The summed E-state index contributed by atoms with van der Waals surface area (Å²) in [6, 6.07) is 0. The van der Waals surface area contributed by atoms with E-state index < -0.39 is 0 Å². The fourth-order valence-corrected chi connectivity index (χ4v) is 3.09.